The van der Waals surface area contributed by atoms with Gasteiger partial charge in [0, 0.05) is 18.8 Å². The number of rotatable bonds is 17. The zero-order chi connectivity index (χ0) is 57.8. The predicted molar refractivity (Wildman–Crippen MR) is 321 cm³/mol. The normalized spacial score (nSPS) is 16.0. The number of amides is 4. The molecule has 6 aromatic carbocycles. The second kappa shape index (κ2) is 23.9. The molecule has 4 atom stereocenters. The molecule has 15 nitrogen and oxygen atoms in total. The third kappa shape index (κ3) is 10.9. The zero-order valence-electron chi connectivity index (χ0n) is 47.3. The van der Waals surface area contributed by atoms with Gasteiger partial charge in [-0.3, -0.25) is 9.59 Å². The van der Waals surface area contributed by atoms with Crippen LogP contribution in [0.25, 0.3) is 50.7 Å². The number of alkyl carbamates (subject to hydrolysis) is 1. The molecule has 0 bridgehead atoms. The van der Waals surface area contributed by atoms with Crippen LogP contribution in [0.4, 0.5) is 9.59 Å². The van der Waals surface area contributed by atoms with E-state index in [0.29, 0.717) is 24.7 Å². The average molecular weight is 1110 g/mol. The van der Waals surface area contributed by atoms with E-state index in [1.165, 1.54) is 7.11 Å². The van der Waals surface area contributed by atoms with Crippen molar-refractivity contribution in [2.45, 2.75) is 83.0 Å². The highest BCUT2D eigenvalue weighted by molar-refractivity contribution is 5.87. The van der Waals surface area contributed by atoms with Gasteiger partial charge in [0.25, 0.3) is 0 Å². The molecule has 2 aliphatic rings. The van der Waals surface area contributed by atoms with Gasteiger partial charge in [-0.15, -0.1) is 0 Å². The van der Waals surface area contributed by atoms with Crippen molar-refractivity contribution in [3.05, 3.63) is 222 Å². The van der Waals surface area contributed by atoms with Crippen LogP contribution in [-0.4, -0.2) is 95.7 Å². The molecule has 0 saturated carbocycles. The average Bonchev–Trinajstić information content (AvgIpc) is 3.42. The van der Waals surface area contributed by atoms with E-state index in [9.17, 15) is 24.3 Å². The Hall–Kier alpha value is -9.50. The van der Waals surface area contributed by atoms with Crippen LogP contribution < -0.4 is 10.6 Å². The zero-order valence-corrected chi connectivity index (χ0v) is 47.3. The van der Waals surface area contributed by atoms with Gasteiger partial charge in [0.1, 0.15) is 23.7 Å². The summed E-state index contributed by atoms with van der Waals surface area (Å²) in [5, 5.41) is 14.7. The van der Waals surface area contributed by atoms with Crippen LogP contribution in [0.2, 0.25) is 0 Å². The number of imidazole rings is 2. The molecule has 2 fully saturated rings. The number of carboxylic acid groups (broad SMARTS) is 1. The molecule has 3 aromatic heterocycles. The van der Waals surface area contributed by atoms with Crippen molar-refractivity contribution in [1.29, 1.82) is 0 Å². The lowest BCUT2D eigenvalue weighted by Crippen LogP contribution is -2.51. The summed E-state index contributed by atoms with van der Waals surface area (Å²) in [6, 6.07) is 60.1. The minimum absolute atomic E-state index is 0.141. The summed E-state index contributed by atoms with van der Waals surface area (Å²) in [6.07, 6.45) is 4.84. The molecule has 5 heterocycles. The molecule has 5 N–H and O–H groups in total. The van der Waals surface area contributed by atoms with Gasteiger partial charge in [0.05, 0.1) is 59.8 Å². The molecule has 0 spiro atoms. The predicted octanol–water partition coefficient (Wildman–Crippen LogP) is 13.0. The van der Waals surface area contributed by atoms with Crippen LogP contribution in [0.1, 0.15) is 99.4 Å². The van der Waals surface area contributed by atoms with E-state index in [2.05, 4.69) is 201 Å². The van der Waals surface area contributed by atoms with Crippen molar-refractivity contribution in [3.8, 4) is 50.7 Å². The maximum atomic E-state index is 13.9. The van der Waals surface area contributed by atoms with Gasteiger partial charge < -0.3 is 44.8 Å². The van der Waals surface area contributed by atoms with Crippen LogP contribution in [0.15, 0.2) is 188 Å². The smallest absolute Gasteiger partial charge is 0.407 e. The van der Waals surface area contributed by atoms with Gasteiger partial charge in [0.2, 0.25) is 11.8 Å². The molecule has 83 heavy (non-hydrogen) atoms. The lowest BCUT2D eigenvalue weighted by Gasteiger charge is -2.37. The fraction of sp³-hybridized carbons (Fsp3) is 0.265. The number of nitrogens with zero attached hydrogens (tertiary/aromatic N) is 5. The number of H-pyrrole nitrogens is 2. The van der Waals surface area contributed by atoms with E-state index < -0.39 is 29.7 Å². The Morgan fingerprint density at radius 1 is 0.530 bits per heavy atom. The first-order valence-corrected chi connectivity index (χ1v) is 28.6. The molecular weight excluding hydrogens is 1040 g/mol. The summed E-state index contributed by atoms with van der Waals surface area (Å²) in [5.74, 6) is 0.608. The number of likely N-dealkylation sites (tertiary alicyclic amines) is 2. The minimum atomic E-state index is -1.22. The highest BCUT2D eigenvalue weighted by atomic mass is 16.5. The molecule has 2 saturated heterocycles. The third-order valence-corrected chi connectivity index (χ3v) is 16.5. The van der Waals surface area contributed by atoms with Gasteiger partial charge >= 0.3 is 12.2 Å². The van der Waals surface area contributed by atoms with Crippen molar-refractivity contribution in [1.82, 2.24) is 44.9 Å². The Morgan fingerprint density at radius 2 is 0.916 bits per heavy atom. The summed E-state index contributed by atoms with van der Waals surface area (Å²) in [6.45, 7) is 8.58. The van der Waals surface area contributed by atoms with Crippen molar-refractivity contribution < 1.29 is 29.0 Å². The lowest BCUT2D eigenvalue weighted by molar-refractivity contribution is -0.136. The SMILES string of the molecule is COC(=O)N[C@H](C(=O)N1CCC[C@H]1c1ncc(-c2ccc(-c3ccc(-c4ccc(-c5cnc([C@@H]6CCCN6C(=O)[C@@H](NC(=O)O)C(C)C)[nH]5)cc4)n3-c3ccc(C(c4ccccc4)(c4ccccc4)c4ccccc4)cc3)cc2)[nH]1)C(C)C. The Bertz CT molecular complexity index is 3610. The molecular formula is C68H69N9O6. The molecule has 9 aromatic rings. The van der Waals surface area contributed by atoms with E-state index in [4.69, 9.17) is 14.7 Å². The number of nitrogens with one attached hydrogen (secondary N) is 4. The summed E-state index contributed by atoms with van der Waals surface area (Å²) < 4.78 is 7.15. The molecule has 2 aliphatic heterocycles. The van der Waals surface area contributed by atoms with Gasteiger partial charge in [-0.25, -0.2) is 19.6 Å². The van der Waals surface area contributed by atoms with Gasteiger partial charge in [0.15, 0.2) is 0 Å². The second-order valence-corrected chi connectivity index (χ2v) is 22.3. The highest BCUT2D eigenvalue weighted by Gasteiger charge is 2.41. The van der Waals surface area contributed by atoms with Gasteiger partial charge in [-0.1, -0.05) is 179 Å². The first-order chi connectivity index (χ1) is 40.3. The number of carbonyl (C=O) groups excluding carboxylic acids is 3. The van der Waals surface area contributed by atoms with Crippen molar-refractivity contribution in [2.24, 2.45) is 11.8 Å². The standard InChI is InChI=1S/C68H69N9O6/c1-43(2)60(73-66(80)81)64(78)75-39-15-23-58(75)62-69-41-54(71-62)45-25-29-47(30-26-45)56-37-38-57(48-31-27-46(28-32-48)55-42-70-63(72-55)59-24-16-40-76(59)65(79)61(44(3)4)74-67(82)83-5)77(56)53-35-33-52(34-36-53)68(49-17-9-6-10-18-49,50-19-11-7-12-20-50)51-21-13-8-14-22-51/h6-14,17-22,25-38,41-44,58-61,73H,15-16,23-24,39-40H2,1-5H3,(H,69,71)(H,70,72)(H,74,82)(H,80,81)/t58-,59-,60-,61-/m0/s1. The largest absolute Gasteiger partial charge is 0.465 e. The van der Waals surface area contributed by atoms with E-state index in [1.807, 2.05) is 38.8 Å². The van der Waals surface area contributed by atoms with Crippen LogP contribution in [0.5, 0.6) is 0 Å². The first-order valence-electron chi connectivity index (χ1n) is 28.6. The summed E-state index contributed by atoms with van der Waals surface area (Å²) in [7, 11) is 1.29. The Labute approximate surface area is 483 Å². The van der Waals surface area contributed by atoms with E-state index in [1.54, 1.807) is 11.1 Å². The fourth-order valence-corrected chi connectivity index (χ4v) is 12.4. The number of aromatic amines is 2. The molecule has 422 valence electrons. The summed E-state index contributed by atoms with van der Waals surface area (Å²) >= 11 is 0. The summed E-state index contributed by atoms with van der Waals surface area (Å²) in [5.41, 5.74) is 12.4. The topological polar surface area (TPSA) is 191 Å². The molecule has 0 unspecified atom stereocenters. The maximum Gasteiger partial charge on any atom is 0.407 e. The van der Waals surface area contributed by atoms with Gasteiger partial charge in [-0.2, -0.15) is 0 Å². The monoisotopic (exact) mass is 1110 g/mol. The van der Waals surface area contributed by atoms with E-state index in [0.717, 1.165) is 98.7 Å². The number of hydrogen-bond donors (Lipinski definition) is 5. The molecule has 0 aliphatic carbocycles. The number of hydrogen-bond acceptors (Lipinski definition) is 7. The Kier molecular flexibility index (Phi) is 16.0. The highest BCUT2D eigenvalue weighted by Crippen LogP contribution is 2.46. The van der Waals surface area contributed by atoms with Crippen LogP contribution in [-0.2, 0) is 19.7 Å². The van der Waals surface area contributed by atoms with E-state index >= 15 is 0 Å². The second-order valence-electron chi connectivity index (χ2n) is 22.3. The Morgan fingerprint density at radius 3 is 1.30 bits per heavy atom. The number of methoxy groups -OCH3 is 1. The maximum absolute atomic E-state index is 13.9. The van der Waals surface area contributed by atoms with Gasteiger partial charge in [-0.05, 0) is 106 Å². The van der Waals surface area contributed by atoms with Crippen LogP contribution in [0, 0.1) is 11.8 Å². The number of carbonyl (C=O) groups is 4. The molecule has 11 rings (SSSR count). The molecule has 0 radical (unpaired) electrons. The quantitative estimate of drug-likeness (QED) is 0.0557. The first kappa shape index (κ1) is 55.4. The minimum Gasteiger partial charge on any atom is -0.465 e. The van der Waals surface area contributed by atoms with Crippen molar-refractivity contribution in [2.75, 3.05) is 20.2 Å². The molecule has 4 amide bonds. The molecule has 15 heteroatoms. The van der Waals surface area contributed by atoms with E-state index in [-0.39, 0.29) is 35.7 Å². The lowest BCUT2D eigenvalue weighted by atomic mass is 9.65. The fourth-order valence-electron chi connectivity index (χ4n) is 12.4. The summed E-state index contributed by atoms with van der Waals surface area (Å²) in [4.78, 5) is 71.7. The van der Waals surface area contributed by atoms with Crippen molar-refractivity contribution >= 4 is 24.0 Å². The number of aromatic nitrogens is 5. The Balaban J connectivity index is 0.938. The van der Waals surface area contributed by atoms with Crippen LogP contribution in [0.3, 0.4) is 0 Å². The number of benzene rings is 6. The van der Waals surface area contributed by atoms with Crippen LogP contribution >= 0.6 is 0 Å². The number of ether oxygens (including phenoxy) is 1. The van der Waals surface area contributed by atoms with Crippen molar-refractivity contribution in [3.63, 3.8) is 0 Å². The third-order valence-electron chi connectivity index (χ3n) is 16.5.